The Kier molecular flexibility index (Phi) is 5.41. The monoisotopic (exact) mass is 371 g/mol. The Morgan fingerprint density at radius 1 is 1.23 bits per heavy atom. The number of rotatable bonds is 6. The largest absolute Gasteiger partial charge is 0.497 e. The summed E-state index contributed by atoms with van der Waals surface area (Å²) in [5, 5.41) is 8.50. The quantitative estimate of drug-likeness (QED) is 0.530. The van der Waals surface area contributed by atoms with Gasteiger partial charge < -0.3 is 10.1 Å². The van der Waals surface area contributed by atoms with Gasteiger partial charge in [0.15, 0.2) is 5.65 Å². The maximum atomic E-state index is 12.8. The molecule has 0 aliphatic heterocycles. The van der Waals surface area contributed by atoms with Gasteiger partial charge in [-0.2, -0.15) is 5.10 Å². The SMILES string of the molecule is COc1ccc(NC(=O)C(Sc2ncnc3c2cnn3C)C(C)C)cc1. The maximum Gasteiger partial charge on any atom is 0.238 e. The fourth-order valence-electron chi connectivity index (χ4n) is 2.53. The van der Waals surface area contributed by atoms with E-state index in [1.54, 1.807) is 18.0 Å². The van der Waals surface area contributed by atoms with E-state index in [0.717, 1.165) is 27.5 Å². The predicted octanol–water partition coefficient (Wildman–Crippen LogP) is 3.13. The van der Waals surface area contributed by atoms with Crippen LogP contribution in [0.25, 0.3) is 11.0 Å². The van der Waals surface area contributed by atoms with Gasteiger partial charge in [0.2, 0.25) is 5.91 Å². The summed E-state index contributed by atoms with van der Waals surface area (Å²) in [5.41, 5.74) is 1.48. The zero-order valence-electron chi connectivity index (χ0n) is 15.1. The fraction of sp³-hybridized carbons (Fsp3) is 0.333. The van der Waals surface area contributed by atoms with Crippen molar-refractivity contribution < 1.29 is 9.53 Å². The molecule has 2 heterocycles. The van der Waals surface area contributed by atoms with Gasteiger partial charge in [0, 0.05) is 12.7 Å². The molecule has 3 rings (SSSR count). The second-order valence-electron chi connectivity index (χ2n) is 6.18. The molecule has 26 heavy (non-hydrogen) atoms. The molecule has 136 valence electrons. The molecule has 0 aliphatic rings. The second kappa shape index (κ2) is 7.74. The standard InChI is InChI=1S/C18H21N5O2S/c1-11(2)15(17(24)22-12-5-7-13(25-4)8-6-12)26-18-14-9-21-23(3)16(14)19-10-20-18/h5-11,15H,1-4H3,(H,22,24). The number of benzene rings is 1. The summed E-state index contributed by atoms with van der Waals surface area (Å²) in [6.45, 7) is 4.04. The zero-order valence-corrected chi connectivity index (χ0v) is 15.9. The Labute approximate surface area is 156 Å². The van der Waals surface area contributed by atoms with Crippen molar-refractivity contribution in [1.29, 1.82) is 0 Å². The van der Waals surface area contributed by atoms with E-state index in [2.05, 4.69) is 20.4 Å². The van der Waals surface area contributed by atoms with E-state index in [-0.39, 0.29) is 17.1 Å². The number of aryl methyl sites for hydroxylation is 1. The van der Waals surface area contributed by atoms with E-state index in [9.17, 15) is 4.79 Å². The number of nitrogens with one attached hydrogen (secondary N) is 1. The molecule has 1 unspecified atom stereocenters. The van der Waals surface area contributed by atoms with Crippen LogP contribution >= 0.6 is 11.8 Å². The van der Waals surface area contributed by atoms with Crippen LogP contribution < -0.4 is 10.1 Å². The van der Waals surface area contributed by atoms with Crippen LogP contribution in [0.3, 0.4) is 0 Å². The molecule has 1 amide bonds. The van der Waals surface area contributed by atoms with Crippen LogP contribution in [0.4, 0.5) is 5.69 Å². The second-order valence-corrected chi connectivity index (χ2v) is 7.31. The molecule has 0 bridgehead atoms. The number of hydrogen-bond acceptors (Lipinski definition) is 6. The number of methoxy groups -OCH3 is 1. The molecule has 2 aromatic heterocycles. The Hall–Kier alpha value is -2.61. The Bertz CT molecular complexity index is 908. The summed E-state index contributed by atoms with van der Waals surface area (Å²) >= 11 is 1.43. The number of nitrogens with zero attached hydrogens (tertiary/aromatic N) is 4. The van der Waals surface area contributed by atoms with Crippen molar-refractivity contribution in [2.24, 2.45) is 13.0 Å². The molecular weight excluding hydrogens is 350 g/mol. The van der Waals surface area contributed by atoms with Gasteiger partial charge in [0.05, 0.1) is 23.9 Å². The Morgan fingerprint density at radius 3 is 2.62 bits per heavy atom. The first-order valence-corrected chi connectivity index (χ1v) is 9.12. The van der Waals surface area contributed by atoms with Gasteiger partial charge in [-0.3, -0.25) is 9.48 Å². The van der Waals surface area contributed by atoms with Crippen molar-refractivity contribution in [3.8, 4) is 5.75 Å². The van der Waals surface area contributed by atoms with Crippen LogP contribution in [0.5, 0.6) is 5.75 Å². The number of carbonyl (C=O) groups is 1. The molecule has 1 atom stereocenters. The summed E-state index contributed by atoms with van der Waals surface area (Å²) in [6, 6.07) is 7.28. The highest BCUT2D eigenvalue weighted by molar-refractivity contribution is 8.00. The van der Waals surface area contributed by atoms with Gasteiger partial charge in [0.25, 0.3) is 0 Å². The normalized spacial score (nSPS) is 12.3. The lowest BCUT2D eigenvalue weighted by Crippen LogP contribution is -2.29. The van der Waals surface area contributed by atoms with E-state index in [0.29, 0.717) is 0 Å². The summed E-state index contributed by atoms with van der Waals surface area (Å²) in [7, 11) is 3.44. The van der Waals surface area contributed by atoms with Crippen molar-refractivity contribution in [2.45, 2.75) is 24.1 Å². The first kappa shape index (κ1) is 18.2. The minimum Gasteiger partial charge on any atom is -0.497 e. The molecule has 0 saturated carbocycles. The molecule has 0 spiro atoms. The molecule has 3 aromatic rings. The van der Waals surface area contributed by atoms with Crippen molar-refractivity contribution >= 4 is 34.4 Å². The smallest absolute Gasteiger partial charge is 0.238 e. The third-order valence-electron chi connectivity index (χ3n) is 3.95. The van der Waals surface area contributed by atoms with Gasteiger partial charge in [-0.15, -0.1) is 0 Å². The maximum absolute atomic E-state index is 12.8. The van der Waals surface area contributed by atoms with Gasteiger partial charge in [0.1, 0.15) is 17.1 Å². The first-order valence-electron chi connectivity index (χ1n) is 8.24. The lowest BCUT2D eigenvalue weighted by molar-refractivity contribution is -0.116. The molecule has 0 fully saturated rings. The zero-order chi connectivity index (χ0) is 18.7. The molecule has 7 nitrogen and oxygen atoms in total. The van der Waals surface area contributed by atoms with Crippen LogP contribution in [0.15, 0.2) is 41.8 Å². The number of amides is 1. The number of fused-ring (bicyclic) bond motifs is 1. The summed E-state index contributed by atoms with van der Waals surface area (Å²) in [4.78, 5) is 21.4. The van der Waals surface area contributed by atoms with Crippen LogP contribution in [0.1, 0.15) is 13.8 Å². The topological polar surface area (TPSA) is 81.9 Å². The lowest BCUT2D eigenvalue weighted by atomic mass is 10.1. The lowest BCUT2D eigenvalue weighted by Gasteiger charge is -2.19. The summed E-state index contributed by atoms with van der Waals surface area (Å²) < 4.78 is 6.84. The molecule has 0 radical (unpaired) electrons. The Balaban J connectivity index is 1.80. The van der Waals surface area contributed by atoms with E-state index < -0.39 is 0 Å². The van der Waals surface area contributed by atoms with Gasteiger partial charge in [-0.05, 0) is 30.2 Å². The third kappa shape index (κ3) is 3.80. The van der Waals surface area contributed by atoms with Gasteiger partial charge >= 0.3 is 0 Å². The molecule has 1 N–H and O–H groups in total. The minimum absolute atomic E-state index is 0.0641. The third-order valence-corrected chi connectivity index (χ3v) is 5.51. The number of ether oxygens (including phenoxy) is 1. The van der Waals surface area contributed by atoms with Crippen LogP contribution in [0, 0.1) is 5.92 Å². The number of carbonyl (C=O) groups excluding carboxylic acids is 1. The molecule has 8 heteroatoms. The molecular formula is C18H21N5O2S. The highest BCUT2D eigenvalue weighted by Gasteiger charge is 2.25. The van der Waals surface area contributed by atoms with Gasteiger partial charge in [-0.25, -0.2) is 9.97 Å². The highest BCUT2D eigenvalue weighted by atomic mass is 32.2. The molecule has 0 saturated heterocycles. The number of anilines is 1. The van der Waals surface area contributed by atoms with Gasteiger partial charge in [-0.1, -0.05) is 25.6 Å². The predicted molar refractivity (Wildman–Crippen MR) is 102 cm³/mol. The average molecular weight is 371 g/mol. The highest BCUT2D eigenvalue weighted by Crippen LogP contribution is 2.32. The number of hydrogen-bond donors (Lipinski definition) is 1. The molecule has 1 aromatic carbocycles. The van der Waals surface area contributed by atoms with Crippen molar-refractivity contribution in [3.05, 3.63) is 36.8 Å². The minimum atomic E-state index is -0.296. The Morgan fingerprint density at radius 2 is 1.96 bits per heavy atom. The van der Waals surface area contributed by atoms with Crippen molar-refractivity contribution in [1.82, 2.24) is 19.7 Å². The van der Waals surface area contributed by atoms with Crippen LogP contribution in [0.2, 0.25) is 0 Å². The molecule has 0 aliphatic carbocycles. The number of thioether (sulfide) groups is 1. The van der Waals surface area contributed by atoms with Crippen molar-refractivity contribution in [3.63, 3.8) is 0 Å². The van der Waals surface area contributed by atoms with Crippen LogP contribution in [-0.2, 0) is 11.8 Å². The number of aromatic nitrogens is 4. The van der Waals surface area contributed by atoms with E-state index in [4.69, 9.17) is 4.74 Å². The summed E-state index contributed by atoms with van der Waals surface area (Å²) in [6.07, 6.45) is 3.24. The summed E-state index contributed by atoms with van der Waals surface area (Å²) in [5.74, 6) is 0.809. The van der Waals surface area contributed by atoms with E-state index in [1.807, 2.05) is 45.2 Å². The fourth-order valence-corrected chi connectivity index (χ4v) is 3.59. The first-order chi connectivity index (χ1) is 12.5. The van der Waals surface area contributed by atoms with E-state index >= 15 is 0 Å². The average Bonchev–Trinajstić information content (AvgIpc) is 3.02. The van der Waals surface area contributed by atoms with Crippen LogP contribution in [-0.4, -0.2) is 38.0 Å². The van der Waals surface area contributed by atoms with E-state index in [1.165, 1.54) is 18.1 Å². The van der Waals surface area contributed by atoms with Crippen molar-refractivity contribution in [2.75, 3.05) is 12.4 Å².